The summed E-state index contributed by atoms with van der Waals surface area (Å²) in [4.78, 5) is 27.6. The summed E-state index contributed by atoms with van der Waals surface area (Å²) in [5.74, 6) is 0.307. The molecule has 3 aromatic carbocycles. The number of hydrogen-bond acceptors (Lipinski definition) is 5. The van der Waals surface area contributed by atoms with Gasteiger partial charge in [0.15, 0.2) is 5.70 Å². The van der Waals surface area contributed by atoms with Crippen LogP contribution in [0.25, 0.3) is 6.08 Å². The molecule has 1 N–H and O–H groups in total. The van der Waals surface area contributed by atoms with E-state index in [1.54, 1.807) is 30.3 Å². The van der Waals surface area contributed by atoms with Crippen molar-refractivity contribution in [2.75, 3.05) is 5.32 Å². The topological polar surface area (TPSA) is 77.0 Å². The minimum atomic E-state index is -0.509. The highest BCUT2D eigenvalue weighted by Gasteiger charge is 2.24. The first-order valence-electron chi connectivity index (χ1n) is 9.74. The molecule has 0 saturated heterocycles. The number of nitrogens with zero attached hydrogens (tertiary/aromatic N) is 1. The van der Waals surface area contributed by atoms with Gasteiger partial charge in [-0.05, 0) is 53.6 Å². The maximum atomic E-state index is 12.2. The largest absolute Gasteiger partial charge is 0.489 e. The van der Waals surface area contributed by atoms with Crippen LogP contribution in [0, 0.1) is 0 Å². The molecule has 1 amide bonds. The van der Waals surface area contributed by atoms with E-state index in [-0.39, 0.29) is 17.5 Å². The fourth-order valence-electron chi connectivity index (χ4n) is 2.99. The van der Waals surface area contributed by atoms with Gasteiger partial charge in [-0.3, -0.25) is 4.79 Å². The molecule has 0 aliphatic carbocycles. The van der Waals surface area contributed by atoms with E-state index in [9.17, 15) is 9.59 Å². The third-order valence-corrected chi connectivity index (χ3v) is 4.50. The van der Waals surface area contributed by atoms with Gasteiger partial charge in [-0.1, -0.05) is 42.5 Å². The van der Waals surface area contributed by atoms with Crippen LogP contribution in [0.1, 0.15) is 23.6 Å². The van der Waals surface area contributed by atoms with Gasteiger partial charge in [0.2, 0.25) is 11.8 Å². The Morgan fingerprint density at radius 3 is 2.39 bits per heavy atom. The van der Waals surface area contributed by atoms with Gasteiger partial charge >= 0.3 is 5.97 Å². The lowest BCUT2D eigenvalue weighted by Gasteiger charge is -2.06. The van der Waals surface area contributed by atoms with Gasteiger partial charge in [-0.15, -0.1) is 0 Å². The van der Waals surface area contributed by atoms with Crippen LogP contribution in [0.4, 0.5) is 5.69 Å². The number of cyclic esters (lactones) is 1. The standard InChI is InChI=1S/C25H20N2O4/c1-17(28)26-21-11-9-20(10-12-21)24-27-23(25(29)31-24)15-18-7-13-22(14-8-18)30-16-19-5-3-2-4-6-19/h2-15H,16H2,1H3,(H,26,28)/b23-15+. The van der Waals surface area contributed by atoms with E-state index in [2.05, 4.69) is 10.3 Å². The van der Waals surface area contributed by atoms with Crippen molar-refractivity contribution in [3.05, 3.63) is 101 Å². The number of ether oxygens (including phenoxy) is 2. The lowest BCUT2D eigenvalue weighted by molar-refractivity contribution is -0.129. The Bertz CT molecular complexity index is 1150. The first-order chi connectivity index (χ1) is 15.1. The maximum absolute atomic E-state index is 12.2. The fourth-order valence-corrected chi connectivity index (χ4v) is 2.99. The molecule has 0 atom stereocenters. The van der Waals surface area contributed by atoms with Crippen LogP contribution in [-0.2, 0) is 20.9 Å². The van der Waals surface area contributed by atoms with E-state index >= 15 is 0 Å². The van der Waals surface area contributed by atoms with Gasteiger partial charge in [-0.25, -0.2) is 9.79 Å². The number of amides is 1. The predicted molar refractivity (Wildman–Crippen MR) is 119 cm³/mol. The Morgan fingerprint density at radius 2 is 1.71 bits per heavy atom. The van der Waals surface area contributed by atoms with Crippen molar-refractivity contribution in [3.63, 3.8) is 0 Å². The molecule has 0 saturated carbocycles. The summed E-state index contributed by atoms with van der Waals surface area (Å²) in [6.07, 6.45) is 1.67. The van der Waals surface area contributed by atoms with Crippen molar-refractivity contribution in [2.45, 2.75) is 13.5 Å². The zero-order valence-electron chi connectivity index (χ0n) is 16.9. The molecular formula is C25H20N2O4. The molecule has 6 nitrogen and oxygen atoms in total. The second-order valence-corrected chi connectivity index (χ2v) is 6.94. The van der Waals surface area contributed by atoms with Gasteiger partial charge in [-0.2, -0.15) is 0 Å². The van der Waals surface area contributed by atoms with E-state index in [1.807, 2.05) is 54.6 Å². The SMILES string of the molecule is CC(=O)Nc1ccc(C2=N/C(=C/c3ccc(OCc4ccccc4)cc3)C(=O)O2)cc1. The molecule has 0 fully saturated rings. The van der Waals surface area contributed by atoms with Crippen LogP contribution in [0.3, 0.4) is 0 Å². The van der Waals surface area contributed by atoms with Gasteiger partial charge < -0.3 is 14.8 Å². The number of nitrogens with one attached hydrogen (secondary N) is 1. The maximum Gasteiger partial charge on any atom is 0.363 e. The second kappa shape index (κ2) is 9.09. The molecule has 3 aromatic rings. The third-order valence-electron chi connectivity index (χ3n) is 4.50. The zero-order chi connectivity index (χ0) is 21.6. The normalized spacial score (nSPS) is 14.2. The summed E-state index contributed by atoms with van der Waals surface area (Å²) in [6, 6.07) is 24.3. The van der Waals surface area contributed by atoms with Crippen molar-refractivity contribution in [2.24, 2.45) is 4.99 Å². The molecule has 0 unspecified atom stereocenters. The monoisotopic (exact) mass is 412 g/mol. The Morgan fingerprint density at radius 1 is 1.00 bits per heavy atom. The summed E-state index contributed by atoms with van der Waals surface area (Å²) < 4.78 is 11.1. The molecule has 0 bridgehead atoms. The molecule has 1 aliphatic heterocycles. The Hall–Kier alpha value is -4.19. The minimum absolute atomic E-state index is 0.154. The van der Waals surface area contributed by atoms with E-state index in [4.69, 9.17) is 9.47 Å². The number of esters is 1. The molecule has 1 aliphatic rings. The van der Waals surface area contributed by atoms with Crippen LogP contribution in [0.2, 0.25) is 0 Å². The van der Waals surface area contributed by atoms with Crippen LogP contribution < -0.4 is 10.1 Å². The molecule has 4 rings (SSSR count). The Kier molecular flexibility index (Phi) is 5.89. The van der Waals surface area contributed by atoms with Gasteiger partial charge in [0.05, 0.1) is 0 Å². The summed E-state index contributed by atoms with van der Waals surface area (Å²) in [5.41, 5.74) is 3.43. The Labute approximate surface area is 179 Å². The summed E-state index contributed by atoms with van der Waals surface area (Å²) in [6.45, 7) is 1.93. The van der Waals surface area contributed by atoms with Gasteiger partial charge in [0.1, 0.15) is 12.4 Å². The lowest BCUT2D eigenvalue weighted by atomic mass is 10.2. The van der Waals surface area contributed by atoms with Crippen LogP contribution in [0.5, 0.6) is 5.75 Å². The number of carbonyl (C=O) groups is 2. The first kappa shape index (κ1) is 20.1. The van der Waals surface area contributed by atoms with Crippen LogP contribution in [0.15, 0.2) is 89.6 Å². The van der Waals surface area contributed by atoms with E-state index in [0.29, 0.717) is 17.9 Å². The fraction of sp³-hybridized carbons (Fsp3) is 0.0800. The van der Waals surface area contributed by atoms with E-state index in [1.165, 1.54) is 6.92 Å². The zero-order valence-corrected chi connectivity index (χ0v) is 16.9. The third kappa shape index (κ3) is 5.25. The number of benzene rings is 3. The molecule has 31 heavy (non-hydrogen) atoms. The number of aliphatic imine (C=N–C) groups is 1. The van der Waals surface area contributed by atoms with Gasteiger partial charge in [0.25, 0.3) is 0 Å². The number of rotatable bonds is 6. The average molecular weight is 412 g/mol. The molecule has 0 aromatic heterocycles. The van der Waals surface area contributed by atoms with Crippen molar-refractivity contribution < 1.29 is 19.1 Å². The van der Waals surface area contributed by atoms with Crippen LogP contribution >= 0.6 is 0 Å². The van der Waals surface area contributed by atoms with Crippen molar-refractivity contribution in [3.8, 4) is 5.75 Å². The van der Waals surface area contributed by atoms with Crippen molar-refractivity contribution in [1.29, 1.82) is 0 Å². The predicted octanol–water partition coefficient (Wildman–Crippen LogP) is 4.57. The highest BCUT2D eigenvalue weighted by Crippen LogP contribution is 2.22. The van der Waals surface area contributed by atoms with Crippen molar-refractivity contribution in [1.82, 2.24) is 0 Å². The lowest BCUT2D eigenvalue weighted by Crippen LogP contribution is -2.07. The second-order valence-electron chi connectivity index (χ2n) is 6.94. The smallest absolute Gasteiger partial charge is 0.363 e. The minimum Gasteiger partial charge on any atom is -0.489 e. The van der Waals surface area contributed by atoms with Gasteiger partial charge in [0, 0.05) is 18.2 Å². The summed E-state index contributed by atoms with van der Waals surface area (Å²) in [5, 5.41) is 2.69. The van der Waals surface area contributed by atoms with E-state index < -0.39 is 5.97 Å². The molecule has 1 heterocycles. The number of hydrogen-bond donors (Lipinski definition) is 1. The van der Waals surface area contributed by atoms with Crippen molar-refractivity contribution >= 4 is 29.5 Å². The number of carbonyl (C=O) groups excluding carboxylic acids is 2. The highest BCUT2D eigenvalue weighted by atomic mass is 16.6. The quantitative estimate of drug-likeness (QED) is 0.475. The summed E-state index contributed by atoms with van der Waals surface area (Å²) >= 11 is 0. The Balaban J connectivity index is 1.43. The first-order valence-corrected chi connectivity index (χ1v) is 9.74. The highest BCUT2D eigenvalue weighted by molar-refractivity contribution is 6.13. The number of anilines is 1. The molecule has 0 radical (unpaired) electrons. The molecule has 154 valence electrons. The average Bonchev–Trinajstić information content (AvgIpc) is 3.14. The summed E-state index contributed by atoms with van der Waals surface area (Å²) in [7, 11) is 0. The molecule has 6 heteroatoms. The van der Waals surface area contributed by atoms with E-state index in [0.717, 1.165) is 16.9 Å². The van der Waals surface area contributed by atoms with Crippen LogP contribution in [-0.4, -0.2) is 17.8 Å². The molecule has 0 spiro atoms. The molecular weight excluding hydrogens is 392 g/mol.